The highest BCUT2D eigenvalue weighted by Gasteiger charge is 2.20. The average Bonchev–Trinajstić information content (AvgIpc) is 2.72. The maximum Gasteiger partial charge on any atom is 0.161 e. The predicted octanol–water partition coefficient (Wildman–Crippen LogP) is 2.34. The first kappa shape index (κ1) is 13.4. The van der Waals surface area contributed by atoms with Crippen molar-refractivity contribution in [2.24, 2.45) is 7.05 Å². The molecule has 1 aromatic carbocycles. The van der Waals surface area contributed by atoms with Gasteiger partial charge in [0.05, 0.1) is 19.3 Å². The van der Waals surface area contributed by atoms with E-state index in [1.807, 2.05) is 18.8 Å². The van der Waals surface area contributed by atoms with Crippen molar-refractivity contribution in [3.8, 4) is 5.75 Å². The molecule has 18 heavy (non-hydrogen) atoms. The first-order chi connectivity index (χ1) is 8.67. The van der Waals surface area contributed by atoms with Gasteiger partial charge in [-0.15, -0.1) is 0 Å². The van der Waals surface area contributed by atoms with E-state index in [4.69, 9.17) is 4.74 Å². The monoisotopic (exact) mass is 357 g/mol. The van der Waals surface area contributed by atoms with Crippen LogP contribution in [0.2, 0.25) is 0 Å². The maximum atomic E-state index is 5.38. The molecule has 0 amide bonds. The van der Waals surface area contributed by atoms with Crippen LogP contribution in [0.4, 0.5) is 0 Å². The summed E-state index contributed by atoms with van der Waals surface area (Å²) in [6, 6.07) is 8.48. The molecule has 1 atom stereocenters. The van der Waals surface area contributed by atoms with E-state index < -0.39 is 0 Å². The van der Waals surface area contributed by atoms with Crippen molar-refractivity contribution in [3.05, 3.63) is 45.3 Å². The smallest absolute Gasteiger partial charge is 0.161 e. The number of nitrogens with one attached hydrogen (secondary N) is 1. The van der Waals surface area contributed by atoms with E-state index in [1.54, 1.807) is 13.3 Å². The van der Waals surface area contributed by atoms with Crippen molar-refractivity contribution >= 4 is 22.6 Å². The lowest BCUT2D eigenvalue weighted by Gasteiger charge is -2.18. The molecule has 0 radical (unpaired) electrons. The van der Waals surface area contributed by atoms with Crippen LogP contribution in [0, 0.1) is 3.57 Å². The van der Waals surface area contributed by atoms with E-state index in [2.05, 4.69) is 57.3 Å². The van der Waals surface area contributed by atoms with Crippen molar-refractivity contribution in [3.63, 3.8) is 0 Å². The summed E-state index contributed by atoms with van der Waals surface area (Å²) in [5.41, 5.74) is 2.23. The van der Waals surface area contributed by atoms with Gasteiger partial charge in [0.1, 0.15) is 5.69 Å². The largest absolute Gasteiger partial charge is 0.493 e. The Labute approximate surface area is 120 Å². The van der Waals surface area contributed by atoms with Gasteiger partial charge in [-0.1, -0.05) is 12.1 Å². The SMILES string of the molecule is CNC(c1cccc(I)c1)c1c(OC)cnn1C. The van der Waals surface area contributed by atoms with Crippen LogP contribution in [0.25, 0.3) is 0 Å². The molecule has 1 N–H and O–H groups in total. The Morgan fingerprint density at radius 3 is 2.83 bits per heavy atom. The van der Waals surface area contributed by atoms with E-state index in [0.717, 1.165) is 11.4 Å². The van der Waals surface area contributed by atoms with Gasteiger partial charge < -0.3 is 10.1 Å². The number of rotatable bonds is 4. The topological polar surface area (TPSA) is 39.1 Å². The Kier molecular flexibility index (Phi) is 4.23. The lowest BCUT2D eigenvalue weighted by atomic mass is 10.0. The Balaban J connectivity index is 2.48. The van der Waals surface area contributed by atoms with Gasteiger partial charge in [-0.2, -0.15) is 5.10 Å². The predicted molar refractivity (Wildman–Crippen MR) is 79.8 cm³/mol. The van der Waals surface area contributed by atoms with E-state index in [1.165, 1.54) is 9.13 Å². The van der Waals surface area contributed by atoms with E-state index in [0.29, 0.717) is 0 Å². The summed E-state index contributed by atoms with van der Waals surface area (Å²) in [5, 5.41) is 7.57. The lowest BCUT2D eigenvalue weighted by Crippen LogP contribution is -2.21. The zero-order chi connectivity index (χ0) is 13.1. The van der Waals surface area contributed by atoms with Crippen molar-refractivity contribution in [2.75, 3.05) is 14.2 Å². The maximum absolute atomic E-state index is 5.38. The number of benzene rings is 1. The number of aryl methyl sites for hydroxylation is 1. The van der Waals surface area contributed by atoms with Gasteiger partial charge in [-0.05, 0) is 47.3 Å². The number of halogens is 1. The second-order valence-electron chi connectivity index (χ2n) is 4.00. The van der Waals surface area contributed by atoms with Gasteiger partial charge in [0, 0.05) is 10.6 Å². The molecular formula is C13H16IN3O. The van der Waals surface area contributed by atoms with Gasteiger partial charge in [-0.25, -0.2) is 0 Å². The quantitative estimate of drug-likeness (QED) is 0.854. The fourth-order valence-corrected chi connectivity index (χ4v) is 2.63. The number of aromatic nitrogens is 2. The molecule has 0 bridgehead atoms. The summed E-state index contributed by atoms with van der Waals surface area (Å²) in [7, 11) is 5.54. The highest BCUT2D eigenvalue weighted by Crippen LogP contribution is 2.29. The summed E-state index contributed by atoms with van der Waals surface area (Å²) in [6.07, 6.45) is 1.74. The van der Waals surface area contributed by atoms with Crippen LogP contribution in [0.3, 0.4) is 0 Å². The second kappa shape index (κ2) is 5.71. The molecule has 0 saturated heterocycles. The van der Waals surface area contributed by atoms with Crippen LogP contribution in [-0.4, -0.2) is 23.9 Å². The third-order valence-corrected chi connectivity index (χ3v) is 3.58. The molecule has 0 spiro atoms. The van der Waals surface area contributed by atoms with Crippen LogP contribution in [0.1, 0.15) is 17.3 Å². The van der Waals surface area contributed by atoms with Gasteiger partial charge in [0.2, 0.25) is 0 Å². The summed E-state index contributed by atoms with van der Waals surface area (Å²) in [6.45, 7) is 0. The molecule has 0 saturated carbocycles. The van der Waals surface area contributed by atoms with Gasteiger partial charge in [0.15, 0.2) is 5.75 Å². The number of methoxy groups -OCH3 is 1. The number of ether oxygens (including phenoxy) is 1. The zero-order valence-corrected chi connectivity index (χ0v) is 12.8. The molecule has 4 nitrogen and oxygen atoms in total. The van der Waals surface area contributed by atoms with Crippen molar-refractivity contribution in [1.82, 2.24) is 15.1 Å². The van der Waals surface area contributed by atoms with Crippen molar-refractivity contribution < 1.29 is 4.74 Å². The molecule has 1 unspecified atom stereocenters. The minimum absolute atomic E-state index is 0.0714. The Bertz CT molecular complexity index is 539. The van der Waals surface area contributed by atoms with Crippen molar-refractivity contribution in [2.45, 2.75) is 6.04 Å². The summed E-state index contributed by atoms with van der Waals surface area (Å²) >= 11 is 2.32. The molecule has 0 aliphatic heterocycles. The Morgan fingerprint density at radius 1 is 1.44 bits per heavy atom. The van der Waals surface area contributed by atoms with Crippen LogP contribution < -0.4 is 10.1 Å². The lowest BCUT2D eigenvalue weighted by molar-refractivity contribution is 0.402. The molecule has 2 rings (SSSR count). The number of hydrogen-bond acceptors (Lipinski definition) is 3. The molecule has 1 aromatic heterocycles. The molecule has 0 aliphatic carbocycles. The zero-order valence-electron chi connectivity index (χ0n) is 10.6. The number of nitrogens with zero attached hydrogens (tertiary/aromatic N) is 2. The Hall–Kier alpha value is -1.08. The average molecular weight is 357 g/mol. The molecule has 1 heterocycles. The van der Waals surface area contributed by atoms with Gasteiger partial charge in [-0.3, -0.25) is 4.68 Å². The molecule has 0 aliphatic rings. The first-order valence-corrected chi connectivity index (χ1v) is 6.74. The Morgan fingerprint density at radius 2 is 2.22 bits per heavy atom. The van der Waals surface area contributed by atoms with Crippen molar-refractivity contribution in [1.29, 1.82) is 0 Å². The third kappa shape index (κ3) is 2.51. The normalized spacial score (nSPS) is 12.4. The number of hydrogen-bond donors (Lipinski definition) is 1. The minimum Gasteiger partial charge on any atom is -0.493 e. The first-order valence-electron chi connectivity index (χ1n) is 5.66. The van der Waals surface area contributed by atoms with Crippen LogP contribution in [-0.2, 0) is 7.05 Å². The van der Waals surface area contributed by atoms with Gasteiger partial charge >= 0.3 is 0 Å². The molecular weight excluding hydrogens is 341 g/mol. The summed E-state index contributed by atoms with van der Waals surface area (Å²) in [4.78, 5) is 0. The molecule has 5 heteroatoms. The van der Waals surface area contributed by atoms with E-state index in [-0.39, 0.29) is 6.04 Å². The molecule has 0 fully saturated rings. The summed E-state index contributed by atoms with van der Waals surface area (Å²) in [5.74, 6) is 0.802. The highest BCUT2D eigenvalue weighted by molar-refractivity contribution is 14.1. The van der Waals surface area contributed by atoms with Crippen LogP contribution in [0.5, 0.6) is 5.75 Å². The molecule has 96 valence electrons. The fraction of sp³-hybridized carbons (Fsp3) is 0.308. The van der Waals surface area contributed by atoms with E-state index >= 15 is 0 Å². The van der Waals surface area contributed by atoms with Crippen LogP contribution in [0.15, 0.2) is 30.5 Å². The van der Waals surface area contributed by atoms with E-state index in [9.17, 15) is 0 Å². The summed E-state index contributed by atoms with van der Waals surface area (Å²) < 4.78 is 8.44. The standard InChI is InChI=1S/C13H16IN3O/c1-15-12(9-5-4-6-10(14)7-9)13-11(18-3)8-16-17(13)2/h4-8,12,15H,1-3H3. The highest BCUT2D eigenvalue weighted by atomic mass is 127. The second-order valence-corrected chi connectivity index (χ2v) is 5.24. The van der Waals surface area contributed by atoms with Crippen LogP contribution >= 0.6 is 22.6 Å². The molecule has 2 aromatic rings. The minimum atomic E-state index is 0.0714. The fourth-order valence-electron chi connectivity index (χ4n) is 2.06. The third-order valence-electron chi connectivity index (χ3n) is 2.91. The van der Waals surface area contributed by atoms with Gasteiger partial charge in [0.25, 0.3) is 0 Å².